The Hall–Kier alpha value is -2.32. The second-order valence-electron chi connectivity index (χ2n) is 5.66. The first-order chi connectivity index (χ1) is 12.8. The fraction of sp³-hybridized carbons (Fsp3) is 0.167. The van der Waals surface area contributed by atoms with E-state index in [1.165, 1.54) is 12.3 Å². The molecule has 2 aromatic carbocycles. The van der Waals surface area contributed by atoms with Gasteiger partial charge >= 0.3 is 6.18 Å². The third-order valence-electron chi connectivity index (χ3n) is 3.71. The number of rotatable bonds is 4. The highest BCUT2D eigenvalue weighted by atomic mass is 35.5. The summed E-state index contributed by atoms with van der Waals surface area (Å²) in [5, 5.41) is 10.3. The zero-order chi connectivity index (χ0) is 19.4. The van der Waals surface area contributed by atoms with Crippen molar-refractivity contribution in [2.75, 3.05) is 0 Å². The number of amidine groups is 1. The van der Waals surface area contributed by atoms with Crippen LogP contribution in [0.1, 0.15) is 16.7 Å². The van der Waals surface area contributed by atoms with Crippen molar-refractivity contribution in [3.8, 4) is 0 Å². The van der Waals surface area contributed by atoms with Gasteiger partial charge < -0.3 is 5.32 Å². The SMILES string of the molecule is O=C1N/C(=N\N=C\c2ccccc2)SC1Cc1cc(C(F)(F)F)ccc1Cl. The van der Waals surface area contributed by atoms with Crippen LogP contribution in [0.5, 0.6) is 0 Å². The number of carbonyl (C=O) groups excluding carboxylic acids is 1. The second kappa shape index (κ2) is 8.14. The van der Waals surface area contributed by atoms with Crippen LogP contribution >= 0.6 is 23.4 Å². The molecule has 9 heteroatoms. The fourth-order valence-corrected chi connectivity index (χ4v) is 3.53. The molecular formula is C18H13ClF3N3OS. The van der Waals surface area contributed by atoms with E-state index in [1.54, 1.807) is 0 Å². The fourth-order valence-electron chi connectivity index (χ4n) is 2.38. The number of benzene rings is 2. The maximum Gasteiger partial charge on any atom is 0.416 e. The number of hydrogen-bond donors (Lipinski definition) is 1. The van der Waals surface area contributed by atoms with Crippen LogP contribution in [0.25, 0.3) is 0 Å². The first-order valence-electron chi connectivity index (χ1n) is 7.82. The molecule has 1 unspecified atom stereocenters. The first kappa shape index (κ1) is 19.4. The Balaban J connectivity index is 1.70. The number of nitrogens with zero attached hydrogens (tertiary/aromatic N) is 2. The lowest BCUT2D eigenvalue weighted by Gasteiger charge is -2.12. The summed E-state index contributed by atoms with van der Waals surface area (Å²) in [6.07, 6.45) is -2.87. The summed E-state index contributed by atoms with van der Waals surface area (Å²) >= 11 is 7.10. The van der Waals surface area contributed by atoms with E-state index >= 15 is 0 Å². The Kier molecular flexibility index (Phi) is 5.86. The van der Waals surface area contributed by atoms with Gasteiger partial charge in [-0.1, -0.05) is 53.7 Å². The van der Waals surface area contributed by atoms with E-state index in [0.29, 0.717) is 5.17 Å². The standard InChI is InChI=1S/C18H13ClF3N3OS/c19-14-7-6-13(18(20,21)22)8-12(14)9-15-16(26)24-17(27-15)25-23-10-11-4-2-1-3-5-11/h1-8,10,15H,9H2,(H,24,25,26)/b23-10+. The van der Waals surface area contributed by atoms with E-state index in [0.717, 1.165) is 29.5 Å². The van der Waals surface area contributed by atoms with Gasteiger partial charge in [-0.25, -0.2) is 0 Å². The van der Waals surface area contributed by atoms with E-state index in [1.807, 2.05) is 30.3 Å². The molecule has 27 heavy (non-hydrogen) atoms. The molecular weight excluding hydrogens is 399 g/mol. The third-order valence-corrected chi connectivity index (χ3v) is 5.15. The molecule has 3 rings (SSSR count). The van der Waals surface area contributed by atoms with Gasteiger partial charge in [0.2, 0.25) is 5.91 Å². The van der Waals surface area contributed by atoms with Crippen LogP contribution < -0.4 is 5.32 Å². The van der Waals surface area contributed by atoms with Crippen LogP contribution in [-0.4, -0.2) is 22.5 Å². The lowest BCUT2D eigenvalue weighted by molar-refractivity contribution is -0.137. The molecule has 0 spiro atoms. The van der Waals surface area contributed by atoms with Crippen molar-refractivity contribution < 1.29 is 18.0 Å². The summed E-state index contributed by atoms with van der Waals surface area (Å²) in [5.74, 6) is -0.345. The van der Waals surface area contributed by atoms with E-state index in [-0.39, 0.29) is 22.9 Å². The molecule has 0 aromatic heterocycles. The van der Waals surface area contributed by atoms with Gasteiger partial charge in [0.15, 0.2) is 5.17 Å². The van der Waals surface area contributed by atoms with Crippen LogP contribution in [0.4, 0.5) is 13.2 Å². The number of thioether (sulfide) groups is 1. The predicted molar refractivity (Wildman–Crippen MR) is 101 cm³/mol. The Morgan fingerprint density at radius 1 is 1.19 bits per heavy atom. The minimum atomic E-state index is -4.47. The first-order valence-corrected chi connectivity index (χ1v) is 9.08. The largest absolute Gasteiger partial charge is 0.416 e. The lowest BCUT2D eigenvalue weighted by atomic mass is 10.1. The Labute approximate surface area is 162 Å². The second-order valence-corrected chi connectivity index (χ2v) is 7.26. The van der Waals surface area contributed by atoms with Gasteiger partial charge in [0.1, 0.15) is 0 Å². The van der Waals surface area contributed by atoms with Gasteiger partial charge in [-0.2, -0.15) is 18.3 Å². The normalized spacial score (nSPS) is 19.0. The van der Waals surface area contributed by atoms with Crippen molar-refractivity contribution in [3.63, 3.8) is 0 Å². The minimum Gasteiger partial charge on any atom is -0.303 e. The molecule has 0 bridgehead atoms. The molecule has 1 atom stereocenters. The summed E-state index contributed by atoms with van der Waals surface area (Å²) in [4.78, 5) is 12.1. The third kappa shape index (κ3) is 5.11. The van der Waals surface area contributed by atoms with Crippen molar-refractivity contribution >= 4 is 40.7 Å². The average Bonchev–Trinajstić information content (AvgIpc) is 2.96. The van der Waals surface area contributed by atoms with Gasteiger partial charge in [0, 0.05) is 5.02 Å². The van der Waals surface area contributed by atoms with Crippen molar-refractivity contribution in [1.29, 1.82) is 0 Å². The quantitative estimate of drug-likeness (QED) is 0.594. The highest BCUT2D eigenvalue weighted by Crippen LogP contribution is 2.33. The molecule has 1 fully saturated rings. The van der Waals surface area contributed by atoms with E-state index in [2.05, 4.69) is 15.5 Å². The lowest BCUT2D eigenvalue weighted by Crippen LogP contribution is -2.26. The molecule has 1 heterocycles. The maximum atomic E-state index is 12.9. The predicted octanol–water partition coefficient (Wildman–Crippen LogP) is 4.52. The molecule has 1 aliphatic heterocycles. The molecule has 0 aliphatic carbocycles. The summed E-state index contributed by atoms with van der Waals surface area (Å²) in [5.41, 5.74) is 0.309. The minimum absolute atomic E-state index is 0.0562. The Morgan fingerprint density at radius 2 is 1.93 bits per heavy atom. The maximum absolute atomic E-state index is 12.9. The molecule has 1 aliphatic rings. The average molecular weight is 412 g/mol. The zero-order valence-corrected chi connectivity index (χ0v) is 15.3. The van der Waals surface area contributed by atoms with Crippen LogP contribution in [0.3, 0.4) is 0 Å². The number of amides is 1. The molecule has 1 amide bonds. The molecule has 2 aromatic rings. The van der Waals surface area contributed by atoms with Gasteiger partial charge in [-0.05, 0) is 35.7 Å². The van der Waals surface area contributed by atoms with Gasteiger partial charge in [0.05, 0.1) is 17.0 Å². The van der Waals surface area contributed by atoms with Crippen LogP contribution in [0.2, 0.25) is 5.02 Å². The summed E-state index contributed by atoms with van der Waals surface area (Å²) in [6, 6.07) is 12.4. The zero-order valence-electron chi connectivity index (χ0n) is 13.7. The van der Waals surface area contributed by atoms with Gasteiger partial charge in [-0.3, -0.25) is 4.79 Å². The molecule has 1 saturated heterocycles. The van der Waals surface area contributed by atoms with E-state index < -0.39 is 17.0 Å². The highest BCUT2D eigenvalue weighted by molar-refractivity contribution is 8.15. The highest BCUT2D eigenvalue weighted by Gasteiger charge is 2.34. The van der Waals surface area contributed by atoms with Gasteiger partial charge in [-0.15, -0.1) is 5.10 Å². The molecule has 0 saturated carbocycles. The number of halogens is 4. The monoisotopic (exact) mass is 411 g/mol. The number of carbonyl (C=O) groups is 1. The summed E-state index contributed by atoms with van der Waals surface area (Å²) < 4.78 is 38.6. The summed E-state index contributed by atoms with van der Waals surface area (Å²) in [7, 11) is 0. The molecule has 1 N–H and O–H groups in total. The van der Waals surface area contributed by atoms with Crippen LogP contribution in [0, 0.1) is 0 Å². The topological polar surface area (TPSA) is 53.8 Å². The number of nitrogens with one attached hydrogen (secondary N) is 1. The smallest absolute Gasteiger partial charge is 0.303 e. The van der Waals surface area contributed by atoms with Crippen molar-refractivity contribution in [1.82, 2.24) is 5.32 Å². The van der Waals surface area contributed by atoms with E-state index in [9.17, 15) is 18.0 Å². The van der Waals surface area contributed by atoms with Gasteiger partial charge in [0.25, 0.3) is 0 Å². The molecule has 0 radical (unpaired) electrons. The Bertz CT molecular complexity index is 900. The number of hydrogen-bond acceptors (Lipinski definition) is 4. The van der Waals surface area contributed by atoms with Crippen molar-refractivity contribution in [3.05, 3.63) is 70.2 Å². The van der Waals surface area contributed by atoms with Crippen LogP contribution in [-0.2, 0) is 17.4 Å². The van der Waals surface area contributed by atoms with Crippen LogP contribution in [0.15, 0.2) is 58.7 Å². The van der Waals surface area contributed by atoms with Crippen molar-refractivity contribution in [2.45, 2.75) is 17.8 Å². The van der Waals surface area contributed by atoms with E-state index in [4.69, 9.17) is 11.6 Å². The van der Waals surface area contributed by atoms with Crippen molar-refractivity contribution in [2.24, 2.45) is 10.2 Å². The summed E-state index contributed by atoms with van der Waals surface area (Å²) in [6.45, 7) is 0. The molecule has 140 valence electrons. The Morgan fingerprint density at radius 3 is 2.63 bits per heavy atom. The number of alkyl halides is 3. The molecule has 4 nitrogen and oxygen atoms in total.